The van der Waals surface area contributed by atoms with Crippen molar-refractivity contribution < 1.29 is 24.2 Å². The molecule has 0 rings (SSSR count). The second kappa shape index (κ2) is 74.8. The normalized spacial score (nSPS) is 13.2. The van der Waals surface area contributed by atoms with Crippen molar-refractivity contribution in [3.8, 4) is 0 Å². The highest BCUT2D eigenvalue weighted by Crippen LogP contribution is 2.17. The Labute approximate surface area is 532 Å². The Bertz CT molecular complexity index is 1830. The van der Waals surface area contributed by atoms with Crippen LogP contribution in [0.1, 0.15) is 322 Å². The third-order valence-electron chi connectivity index (χ3n) is 15.3. The fraction of sp³-hybridized carbons (Fsp3) is 0.654. The van der Waals surface area contributed by atoms with E-state index < -0.39 is 6.10 Å². The van der Waals surface area contributed by atoms with E-state index in [0.29, 0.717) is 12.8 Å². The largest absolute Gasteiger partial charge is 0.462 e. The van der Waals surface area contributed by atoms with Gasteiger partial charge in [-0.2, -0.15) is 0 Å². The van der Waals surface area contributed by atoms with Crippen molar-refractivity contribution in [3.05, 3.63) is 158 Å². The average molecular weight is 1190 g/mol. The molecule has 1 unspecified atom stereocenters. The summed E-state index contributed by atoms with van der Waals surface area (Å²) < 4.78 is 10.7. The Kier molecular flexibility index (Phi) is 70.9. The van der Waals surface area contributed by atoms with Crippen LogP contribution in [0.5, 0.6) is 0 Å². The minimum atomic E-state index is -0.807. The molecule has 0 radical (unpaired) electrons. The standard InChI is InChI=1S/C81H134O5/c1-3-5-7-9-11-13-15-17-19-21-23-25-27-29-31-33-35-37-38-39-40-41-42-44-45-47-49-51-53-55-57-59-61-63-65-67-69-71-73-75-80(83)85-78-79(77-82)86-81(84)76-74-72-70-68-66-64-62-60-58-56-54-52-50-48-46-43-36-34-32-30-28-26-24-22-20-18-16-14-12-10-8-6-4-2/h6,8,12,14-15,17-18,20-21,23-24,26-27,29-30,32,36,43,48,50,54,56,60,62,66,68,79,82H,3-5,7,9-11,13,16,19,22,25,28,31,33-35,37-42,44-47,49,51-53,55,57-59,61,63-65,67,69-78H2,1-2H3/b8-6-,14-12-,17-15-,20-18-,23-21-,26-24-,29-27-,32-30-,43-36-,50-48-,56-54-,62-60-,68-66-. The summed E-state index contributed by atoms with van der Waals surface area (Å²) in [5.74, 6) is -0.641. The highest BCUT2D eigenvalue weighted by molar-refractivity contribution is 5.70. The van der Waals surface area contributed by atoms with E-state index in [1.165, 1.54) is 180 Å². The van der Waals surface area contributed by atoms with Crippen molar-refractivity contribution in [2.24, 2.45) is 0 Å². The SMILES string of the molecule is CC/C=C\C/C=C\C/C=C\C/C=C\C/C=C\C/C=C\C/C=C\C/C=C\C/C=C\C/C=C\CCCCC(=O)OC(CO)COC(=O)CCCCCCCCCCCCCCCCCCCCCCCCCC/C=C\C/C=C\C/C=C\CCCCCCC. The molecule has 0 spiro atoms. The molecule has 0 aliphatic heterocycles. The summed E-state index contributed by atoms with van der Waals surface area (Å²) in [6, 6.07) is 0. The first kappa shape index (κ1) is 81.5. The number of hydrogen-bond donors (Lipinski definition) is 1. The molecule has 5 nitrogen and oxygen atoms in total. The van der Waals surface area contributed by atoms with Gasteiger partial charge in [-0.15, -0.1) is 0 Å². The van der Waals surface area contributed by atoms with Gasteiger partial charge in [-0.05, 0) is 128 Å². The molecule has 0 aliphatic carbocycles. The lowest BCUT2D eigenvalue weighted by atomic mass is 10.0. The molecule has 488 valence electrons. The predicted octanol–water partition coefficient (Wildman–Crippen LogP) is 25.4. The predicted molar refractivity (Wildman–Crippen MR) is 380 cm³/mol. The van der Waals surface area contributed by atoms with Crippen LogP contribution in [0.15, 0.2) is 158 Å². The minimum Gasteiger partial charge on any atom is -0.462 e. The van der Waals surface area contributed by atoms with E-state index in [4.69, 9.17) is 9.47 Å². The molecule has 0 aliphatic rings. The number of carbonyl (C=O) groups excluding carboxylic acids is 2. The van der Waals surface area contributed by atoms with Crippen LogP contribution < -0.4 is 0 Å². The third-order valence-corrected chi connectivity index (χ3v) is 15.3. The van der Waals surface area contributed by atoms with Gasteiger partial charge in [-0.25, -0.2) is 0 Å². The highest BCUT2D eigenvalue weighted by atomic mass is 16.6. The molecule has 0 amide bonds. The number of unbranched alkanes of at least 4 members (excludes halogenated alkanes) is 31. The maximum absolute atomic E-state index is 12.3. The molecule has 1 N–H and O–H groups in total. The number of allylic oxidation sites excluding steroid dienone is 26. The van der Waals surface area contributed by atoms with Crippen molar-refractivity contribution >= 4 is 11.9 Å². The number of aliphatic hydroxyl groups excluding tert-OH is 1. The van der Waals surface area contributed by atoms with Crippen molar-refractivity contribution in [1.29, 1.82) is 0 Å². The minimum absolute atomic E-state index is 0.0904. The lowest BCUT2D eigenvalue weighted by Gasteiger charge is -2.15. The molecule has 0 aromatic carbocycles. The van der Waals surface area contributed by atoms with Gasteiger partial charge >= 0.3 is 11.9 Å². The molecule has 0 fully saturated rings. The van der Waals surface area contributed by atoms with Crippen LogP contribution in [0.3, 0.4) is 0 Å². The summed E-state index contributed by atoms with van der Waals surface area (Å²) in [5.41, 5.74) is 0. The number of esters is 2. The quantitative estimate of drug-likeness (QED) is 0.0373. The van der Waals surface area contributed by atoms with Gasteiger partial charge in [0.05, 0.1) is 6.61 Å². The molecular formula is C81H134O5. The number of aliphatic hydroxyl groups is 1. The summed E-state index contributed by atoms with van der Waals surface area (Å²) in [6.07, 6.45) is 114. The maximum Gasteiger partial charge on any atom is 0.306 e. The first-order valence-electron chi connectivity index (χ1n) is 36.0. The topological polar surface area (TPSA) is 72.8 Å². The monoisotopic (exact) mass is 1190 g/mol. The van der Waals surface area contributed by atoms with Crippen LogP contribution in [0, 0.1) is 0 Å². The van der Waals surface area contributed by atoms with Gasteiger partial charge in [0.1, 0.15) is 6.61 Å². The van der Waals surface area contributed by atoms with E-state index in [9.17, 15) is 14.7 Å². The van der Waals surface area contributed by atoms with Gasteiger partial charge in [0, 0.05) is 12.8 Å². The first-order chi connectivity index (χ1) is 42.6. The van der Waals surface area contributed by atoms with Gasteiger partial charge in [-0.1, -0.05) is 339 Å². The number of ether oxygens (including phenoxy) is 2. The first-order valence-corrected chi connectivity index (χ1v) is 36.0. The summed E-state index contributed by atoms with van der Waals surface area (Å²) in [6.45, 7) is 4.00. The molecule has 0 aromatic heterocycles. The van der Waals surface area contributed by atoms with E-state index in [1.54, 1.807) is 0 Å². The molecule has 0 bridgehead atoms. The molecule has 0 saturated carbocycles. The maximum atomic E-state index is 12.3. The Morgan fingerprint density at radius 2 is 0.500 bits per heavy atom. The third kappa shape index (κ3) is 72.0. The van der Waals surface area contributed by atoms with E-state index in [0.717, 1.165) is 116 Å². The van der Waals surface area contributed by atoms with Crippen molar-refractivity contribution in [2.75, 3.05) is 13.2 Å². The van der Waals surface area contributed by atoms with Crippen molar-refractivity contribution in [1.82, 2.24) is 0 Å². The van der Waals surface area contributed by atoms with E-state index >= 15 is 0 Å². The Morgan fingerprint density at radius 3 is 0.779 bits per heavy atom. The van der Waals surface area contributed by atoms with Crippen LogP contribution in [0.25, 0.3) is 0 Å². The smallest absolute Gasteiger partial charge is 0.306 e. The van der Waals surface area contributed by atoms with E-state index in [-0.39, 0.29) is 25.2 Å². The molecular weight excluding hydrogens is 1050 g/mol. The molecule has 0 saturated heterocycles. The number of rotatable bonds is 65. The zero-order valence-electron chi connectivity index (χ0n) is 56.0. The van der Waals surface area contributed by atoms with Crippen molar-refractivity contribution in [2.45, 2.75) is 328 Å². The van der Waals surface area contributed by atoms with Crippen LogP contribution in [-0.4, -0.2) is 36.4 Å². The molecule has 5 heteroatoms. The van der Waals surface area contributed by atoms with Gasteiger partial charge in [0.25, 0.3) is 0 Å². The second-order valence-corrected chi connectivity index (χ2v) is 23.6. The molecule has 0 aromatic rings. The zero-order valence-corrected chi connectivity index (χ0v) is 56.0. The summed E-state index contributed by atoms with van der Waals surface area (Å²) in [5, 5.41) is 9.70. The highest BCUT2D eigenvalue weighted by Gasteiger charge is 2.16. The zero-order chi connectivity index (χ0) is 61.9. The second-order valence-electron chi connectivity index (χ2n) is 23.6. The summed E-state index contributed by atoms with van der Waals surface area (Å²) in [4.78, 5) is 24.6. The lowest BCUT2D eigenvalue weighted by Crippen LogP contribution is -2.28. The summed E-state index contributed by atoms with van der Waals surface area (Å²) >= 11 is 0. The van der Waals surface area contributed by atoms with Crippen LogP contribution in [0.4, 0.5) is 0 Å². The van der Waals surface area contributed by atoms with Gasteiger partial charge in [-0.3, -0.25) is 9.59 Å². The molecule has 0 heterocycles. The van der Waals surface area contributed by atoms with E-state index in [2.05, 4.69) is 172 Å². The van der Waals surface area contributed by atoms with Crippen LogP contribution in [-0.2, 0) is 19.1 Å². The number of carbonyl (C=O) groups is 2. The molecule has 86 heavy (non-hydrogen) atoms. The van der Waals surface area contributed by atoms with Crippen LogP contribution in [0.2, 0.25) is 0 Å². The lowest BCUT2D eigenvalue weighted by molar-refractivity contribution is -0.161. The summed E-state index contributed by atoms with van der Waals surface area (Å²) in [7, 11) is 0. The number of hydrogen-bond acceptors (Lipinski definition) is 5. The van der Waals surface area contributed by atoms with Gasteiger partial charge in [0.15, 0.2) is 6.10 Å². The van der Waals surface area contributed by atoms with E-state index in [1.807, 2.05) is 0 Å². The van der Waals surface area contributed by atoms with Crippen LogP contribution >= 0.6 is 0 Å². The Morgan fingerprint density at radius 1 is 0.279 bits per heavy atom. The Hall–Kier alpha value is -4.48. The van der Waals surface area contributed by atoms with Gasteiger partial charge in [0.2, 0.25) is 0 Å². The fourth-order valence-corrected chi connectivity index (χ4v) is 9.95. The molecule has 1 atom stereocenters. The average Bonchev–Trinajstić information content (AvgIpc) is 3.55. The van der Waals surface area contributed by atoms with Crippen molar-refractivity contribution in [3.63, 3.8) is 0 Å². The Balaban J connectivity index is 3.54. The van der Waals surface area contributed by atoms with Gasteiger partial charge < -0.3 is 14.6 Å². The fourth-order valence-electron chi connectivity index (χ4n) is 9.95.